The zero-order chi connectivity index (χ0) is 22.1. The summed E-state index contributed by atoms with van der Waals surface area (Å²) in [5.74, 6) is -1.74. The average molecular weight is 452 g/mol. The highest BCUT2D eigenvalue weighted by Gasteiger charge is 2.46. The molecule has 1 heterocycles. The van der Waals surface area contributed by atoms with E-state index in [0.717, 1.165) is 12.0 Å². The van der Waals surface area contributed by atoms with Crippen molar-refractivity contribution in [3.05, 3.63) is 105 Å². The van der Waals surface area contributed by atoms with Gasteiger partial charge in [-0.05, 0) is 47.9 Å². The second-order valence-corrected chi connectivity index (χ2v) is 8.04. The Labute approximate surface area is 190 Å². The van der Waals surface area contributed by atoms with Gasteiger partial charge in [0.15, 0.2) is 0 Å². The van der Waals surface area contributed by atoms with Crippen molar-refractivity contribution in [1.82, 2.24) is 0 Å². The molecule has 0 aliphatic carbocycles. The quantitative estimate of drug-likeness (QED) is 0.292. The molecule has 4 rings (SSSR count). The number of nitrogens with zero attached hydrogens (tertiary/aromatic N) is 1. The van der Waals surface area contributed by atoms with Crippen LogP contribution in [0.2, 0.25) is 10.0 Å². The number of halogens is 2. The van der Waals surface area contributed by atoms with Crippen LogP contribution in [-0.4, -0.2) is 16.8 Å². The highest BCUT2D eigenvalue weighted by atomic mass is 35.5. The SMILES string of the molecule is CCc1ccc(N2C(=O)C(=O)/C(=C(\O)c3ccc(Cl)c(Cl)c3)C2c2ccccc2)cc1. The van der Waals surface area contributed by atoms with E-state index in [-0.39, 0.29) is 16.4 Å². The molecule has 4 nitrogen and oxygen atoms in total. The number of amides is 1. The first-order chi connectivity index (χ1) is 14.9. The lowest BCUT2D eigenvalue weighted by Gasteiger charge is -2.25. The molecule has 156 valence electrons. The number of benzene rings is 3. The Bertz CT molecular complexity index is 1190. The van der Waals surface area contributed by atoms with Crippen molar-refractivity contribution >= 4 is 46.3 Å². The Morgan fingerprint density at radius 3 is 2.23 bits per heavy atom. The summed E-state index contributed by atoms with van der Waals surface area (Å²) in [4.78, 5) is 27.6. The van der Waals surface area contributed by atoms with E-state index < -0.39 is 17.7 Å². The van der Waals surface area contributed by atoms with Gasteiger partial charge < -0.3 is 5.11 Å². The van der Waals surface area contributed by atoms with E-state index in [4.69, 9.17) is 23.2 Å². The lowest BCUT2D eigenvalue weighted by Crippen LogP contribution is -2.29. The Morgan fingerprint density at radius 1 is 0.935 bits per heavy atom. The Balaban J connectivity index is 1.92. The number of aryl methyl sites for hydroxylation is 1. The number of ketones is 1. The third kappa shape index (κ3) is 3.85. The molecule has 0 saturated carbocycles. The van der Waals surface area contributed by atoms with Gasteiger partial charge in [-0.3, -0.25) is 14.5 Å². The third-order valence-corrected chi connectivity index (χ3v) is 6.11. The first-order valence-electron chi connectivity index (χ1n) is 9.82. The summed E-state index contributed by atoms with van der Waals surface area (Å²) >= 11 is 12.1. The minimum Gasteiger partial charge on any atom is -0.507 e. The summed E-state index contributed by atoms with van der Waals surface area (Å²) in [5, 5.41) is 11.7. The van der Waals surface area contributed by atoms with Crippen molar-refractivity contribution in [3.8, 4) is 0 Å². The van der Waals surface area contributed by atoms with Crippen LogP contribution in [0.25, 0.3) is 5.76 Å². The van der Waals surface area contributed by atoms with Crippen LogP contribution in [0.4, 0.5) is 5.69 Å². The molecule has 0 radical (unpaired) electrons. The van der Waals surface area contributed by atoms with Gasteiger partial charge in [0.1, 0.15) is 5.76 Å². The highest BCUT2D eigenvalue weighted by molar-refractivity contribution is 6.51. The second kappa shape index (κ2) is 8.58. The summed E-state index contributed by atoms with van der Waals surface area (Å²) in [6.07, 6.45) is 0.860. The van der Waals surface area contributed by atoms with Gasteiger partial charge in [0.2, 0.25) is 0 Å². The molecular formula is C25H19Cl2NO3. The molecule has 1 unspecified atom stereocenters. The minimum absolute atomic E-state index is 0.00848. The predicted molar refractivity (Wildman–Crippen MR) is 124 cm³/mol. The smallest absolute Gasteiger partial charge is 0.300 e. The highest BCUT2D eigenvalue weighted by Crippen LogP contribution is 2.42. The monoisotopic (exact) mass is 451 g/mol. The van der Waals surface area contributed by atoms with E-state index in [1.165, 1.54) is 17.0 Å². The van der Waals surface area contributed by atoms with Crippen LogP contribution in [0.1, 0.15) is 29.7 Å². The Morgan fingerprint density at radius 2 is 1.61 bits per heavy atom. The average Bonchev–Trinajstić information content (AvgIpc) is 3.06. The lowest BCUT2D eigenvalue weighted by atomic mass is 9.95. The summed E-state index contributed by atoms with van der Waals surface area (Å²) in [5.41, 5.74) is 2.74. The molecule has 1 atom stereocenters. The number of carbonyl (C=O) groups excluding carboxylic acids is 2. The van der Waals surface area contributed by atoms with Gasteiger partial charge in [0.05, 0.1) is 21.7 Å². The molecule has 0 spiro atoms. The topological polar surface area (TPSA) is 57.6 Å². The molecule has 1 saturated heterocycles. The van der Waals surface area contributed by atoms with Crippen LogP contribution in [0.3, 0.4) is 0 Å². The number of aliphatic hydroxyl groups excluding tert-OH is 1. The van der Waals surface area contributed by atoms with Crippen LogP contribution in [0, 0.1) is 0 Å². The molecule has 3 aromatic rings. The zero-order valence-corrected chi connectivity index (χ0v) is 18.2. The number of aliphatic hydroxyl groups is 1. The van der Waals surface area contributed by atoms with Crippen LogP contribution < -0.4 is 4.90 Å². The summed E-state index contributed by atoms with van der Waals surface area (Å²) in [7, 11) is 0. The minimum atomic E-state index is -0.775. The van der Waals surface area contributed by atoms with Crippen molar-refractivity contribution in [1.29, 1.82) is 0 Å². The molecule has 3 aromatic carbocycles. The van der Waals surface area contributed by atoms with E-state index >= 15 is 0 Å². The van der Waals surface area contributed by atoms with Crippen LogP contribution in [-0.2, 0) is 16.0 Å². The van der Waals surface area contributed by atoms with Crippen LogP contribution in [0.5, 0.6) is 0 Å². The predicted octanol–water partition coefficient (Wildman–Crippen LogP) is 6.18. The maximum absolute atomic E-state index is 13.1. The fourth-order valence-corrected chi connectivity index (χ4v) is 4.04. The van der Waals surface area contributed by atoms with Crippen LogP contribution >= 0.6 is 23.2 Å². The first kappa shape index (κ1) is 21.2. The molecule has 0 bridgehead atoms. The van der Waals surface area contributed by atoms with E-state index in [9.17, 15) is 14.7 Å². The molecule has 6 heteroatoms. The number of Topliss-reactive ketones (excluding diaryl/α,β-unsaturated/α-hetero) is 1. The Kier molecular flexibility index (Phi) is 5.86. The number of carbonyl (C=O) groups is 2. The van der Waals surface area contributed by atoms with Gasteiger partial charge >= 0.3 is 0 Å². The fraction of sp³-hybridized carbons (Fsp3) is 0.120. The van der Waals surface area contributed by atoms with Gasteiger partial charge in [-0.25, -0.2) is 0 Å². The molecule has 1 fully saturated rings. The summed E-state index contributed by atoms with van der Waals surface area (Å²) in [6, 6.07) is 20.5. The molecular weight excluding hydrogens is 433 g/mol. The Hall–Kier alpha value is -3.08. The molecule has 1 amide bonds. The molecule has 1 aliphatic heterocycles. The van der Waals surface area contributed by atoms with E-state index in [1.54, 1.807) is 6.07 Å². The van der Waals surface area contributed by atoms with Crippen molar-refractivity contribution in [3.63, 3.8) is 0 Å². The van der Waals surface area contributed by atoms with Crippen molar-refractivity contribution < 1.29 is 14.7 Å². The van der Waals surface area contributed by atoms with Crippen molar-refractivity contribution in [2.75, 3.05) is 4.90 Å². The number of hydrogen-bond acceptors (Lipinski definition) is 3. The lowest BCUT2D eigenvalue weighted by molar-refractivity contribution is -0.132. The number of anilines is 1. The second-order valence-electron chi connectivity index (χ2n) is 7.23. The van der Waals surface area contributed by atoms with E-state index in [0.29, 0.717) is 21.8 Å². The third-order valence-electron chi connectivity index (χ3n) is 5.38. The maximum atomic E-state index is 13.1. The van der Waals surface area contributed by atoms with Crippen LogP contribution in [0.15, 0.2) is 78.4 Å². The summed E-state index contributed by atoms with van der Waals surface area (Å²) in [6.45, 7) is 2.04. The molecule has 31 heavy (non-hydrogen) atoms. The number of hydrogen-bond donors (Lipinski definition) is 1. The standard InChI is InChI=1S/C25H19Cl2NO3/c1-2-15-8-11-18(12-9-15)28-22(16-6-4-3-5-7-16)21(24(30)25(28)31)23(29)17-10-13-19(26)20(27)14-17/h3-14,22,29H,2H2,1H3/b23-21-. The fourth-order valence-electron chi connectivity index (χ4n) is 3.74. The first-order valence-corrected chi connectivity index (χ1v) is 10.6. The maximum Gasteiger partial charge on any atom is 0.300 e. The van der Waals surface area contributed by atoms with Gasteiger partial charge in [0.25, 0.3) is 11.7 Å². The van der Waals surface area contributed by atoms with Gasteiger partial charge in [-0.15, -0.1) is 0 Å². The van der Waals surface area contributed by atoms with Gasteiger partial charge in [0, 0.05) is 11.3 Å². The zero-order valence-electron chi connectivity index (χ0n) is 16.7. The van der Waals surface area contributed by atoms with E-state index in [2.05, 4.69) is 0 Å². The van der Waals surface area contributed by atoms with Crippen molar-refractivity contribution in [2.45, 2.75) is 19.4 Å². The van der Waals surface area contributed by atoms with E-state index in [1.807, 2.05) is 61.5 Å². The summed E-state index contributed by atoms with van der Waals surface area (Å²) < 4.78 is 0. The normalized spacial score (nSPS) is 17.9. The van der Waals surface area contributed by atoms with Gasteiger partial charge in [-0.2, -0.15) is 0 Å². The largest absolute Gasteiger partial charge is 0.507 e. The number of rotatable bonds is 4. The van der Waals surface area contributed by atoms with Gasteiger partial charge in [-0.1, -0.05) is 72.6 Å². The molecule has 0 aromatic heterocycles. The van der Waals surface area contributed by atoms with Crippen molar-refractivity contribution in [2.24, 2.45) is 0 Å². The molecule has 1 N–H and O–H groups in total. The molecule has 1 aliphatic rings.